The van der Waals surface area contributed by atoms with E-state index in [9.17, 15) is 9.59 Å². The molecule has 0 radical (unpaired) electrons. The number of nitrogens with two attached hydrogens (primary N) is 1. The minimum atomic E-state index is -0.00894. The number of hydrogen-bond donors (Lipinski definition) is 1. The molecule has 0 aromatic heterocycles. The van der Waals surface area contributed by atoms with Gasteiger partial charge in [-0.25, -0.2) is 0 Å². The Morgan fingerprint density at radius 1 is 1.06 bits per heavy atom. The molecule has 3 nitrogen and oxygen atoms in total. The zero-order valence-corrected chi connectivity index (χ0v) is 9.80. The summed E-state index contributed by atoms with van der Waals surface area (Å²) in [5.74, 6) is -0.00894. The number of benzene rings is 2. The van der Waals surface area contributed by atoms with Crippen LogP contribution in [0.1, 0.15) is 26.3 Å². The maximum atomic E-state index is 12.0. The molecule has 0 saturated carbocycles. The quantitative estimate of drug-likeness (QED) is 0.506. The maximum Gasteiger partial charge on any atom is 0.167 e. The van der Waals surface area contributed by atoms with Crippen LogP contribution in [-0.4, -0.2) is 12.1 Å². The van der Waals surface area contributed by atoms with Crippen molar-refractivity contribution in [2.24, 2.45) is 0 Å². The molecule has 0 spiro atoms. The zero-order chi connectivity index (χ0) is 13.0. The minimum absolute atomic E-state index is 0.00894. The van der Waals surface area contributed by atoms with Gasteiger partial charge in [-0.2, -0.15) is 0 Å². The highest BCUT2D eigenvalue weighted by atomic mass is 16.1. The van der Waals surface area contributed by atoms with Crippen molar-refractivity contribution in [3.05, 3.63) is 65.2 Å². The van der Waals surface area contributed by atoms with Crippen molar-refractivity contribution in [1.82, 2.24) is 0 Å². The van der Waals surface area contributed by atoms with Gasteiger partial charge in [0, 0.05) is 23.2 Å². The number of Topliss-reactive ketones (excluding diaryl/α,β-unsaturated/α-hetero) is 1. The monoisotopic (exact) mass is 239 g/mol. The first-order valence-corrected chi connectivity index (χ1v) is 5.63. The molecule has 2 aromatic carbocycles. The lowest BCUT2D eigenvalue weighted by Gasteiger charge is -2.07. The molecule has 0 bridgehead atoms. The Bertz CT molecular complexity index is 576. The highest BCUT2D eigenvalue weighted by Gasteiger charge is 2.10. The summed E-state index contributed by atoms with van der Waals surface area (Å²) in [6, 6.07) is 14.2. The van der Waals surface area contributed by atoms with Crippen molar-refractivity contribution in [2.45, 2.75) is 6.42 Å². The van der Waals surface area contributed by atoms with Crippen LogP contribution in [0.15, 0.2) is 48.5 Å². The Labute approximate surface area is 105 Å². The number of aldehydes is 1. The van der Waals surface area contributed by atoms with E-state index >= 15 is 0 Å². The van der Waals surface area contributed by atoms with Crippen LogP contribution in [0.3, 0.4) is 0 Å². The molecule has 18 heavy (non-hydrogen) atoms. The number of ketones is 1. The van der Waals surface area contributed by atoms with Gasteiger partial charge in [0.25, 0.3) is 0 Å². The van der Waals surface area contributed by atoms with Gasteiger partial charge in [-0.1, -0.05) is 42.5 Å². The summed E-state index contributed by atoms with van der Waals surface area (Å²) in [4.78, 5) is 22.8. The molecule has 0 aliphatic rings. The van der Waals surface area contributed by atoms with Gasteiger partial charge in [-0.3, -0.25) is 9.59 Å². The van der Waals surface area contributed by atoms with Crippen LogP contribution in [0.25, 0.3) is 0 Å². The molecule has 0 saturated heterocycles. The molecular formula is C15H13NO2. The average Bonchev–Trinajstić information content (AvgIpc) is 2.42. The molecule has 0 fully saturated rings. The van der Waals surface area contributed by atoms with E-state index < -0.39 is 0 Å². The fourth-order valence-electron chi connectivity index (χ4n) is 1.79. The molecule has 0 aliphatic heterocycles. The molecular weight excluding hydrogens is 226 g/mol. The summed E-state index contributed by atoms with van der Waals surface area (Å²) in [6.45, 7) is 0. The third kappa shape index (κ3) is 2.46. The lowest BCUT2D eigenvalue weighted by Crippen LogP contribution is -2.07. The van der Waals surface area contributed by atoms with E-state index in [2.05, 4.69) is 0 Å². The first-order chi connectivity index (χ1) is 8.72. The molecule has 0 amide bonds. The number of anilines is 1. The highest BCUT2D eigenvalue weighted by Crippen LogP contribution is 2.18. The van der Waals surface area contributed by atoms with Crippen molar-refractivity contribution < 1.29 is 9.59 Å². The van der Waals surface area contributed by atoms with Crippen LogP contribution >= 0.6 is 0 Å². The second-order valence-corrected chi connectivity index (χ2v) is 4.00. The van der Waals surface area contributed by atoms with Crippen molar-refractivity contribution in [1.29, 1.82) is 0 Å². The number of hydrogen-bond acceptors (Lipinski definition) is 3. The van der Waals surface area contributed by atoms with E-state index in [1.165, 1.54) is 0 Å². The largest absolute Gasteiger partial charge is 0.398 e. The third-order valence-electron chi connectivity index (χ3n) is 2.80. The Hall–Kier alpha value is -2.42. The fourth-order valence-corrected chi connectivity index (χ4v) is 1.79. The van der Waals surface area contributed by atoms with Crippen molar-refractivity contribution in [3.8, 4) is 0 Å². The van der Waals surface area contributed by atoms with Crippen LogP contribution in [0, 0.1) is 0 Å². The molecule has 2 N–H and O–H groups in total. The predicted octanol–water partition coefficient (Wildman–Crippen LogP) is 2.51. The summed E-state index contributed by atoms with van der Waals surface area (Å²) >= 11 is 0. The van der Waals surface area contributed by atoms with Gasteiger partial charge < -0.3 is 5.73 Å². The van der Waals surface area contributed by atoms with Gasteiger partial charge in [0.1, 0.15) is 0 Å². The predicted molar refractivity (Wildman–Crippen MR) is 70.7 cm³/mol. The van der Waals surface area contributed by atoms with Crippen LogP contribution in [0.4, 0.5) is 5.69 Å². The molecule has 2 aromatic rings. The summed E-state index contributed by atoms with van der Waals surface area (Å²) in [7, 11) is 0. The molecule has 2 rings (SSSR count). The van der Waals surface area contributed by atoms with E-state index in [1.807, 2.05) is 18.2 Å². The zero-order valence-electron chi connectivity index (χ0n) is 9.80. The SMILES string of the molecule is Nc1c(C=O)cccc1CC(=O)c1ccccc1. The Morgan fingerprint density at radius 2 is 1.78 bits per heavy atom. The van der Waals surface area contributed by atoms with Crippen molar-refractivity contribution in [2.75, 3.05) is 5.73 Å². The third-order valence-corrected chi connectivity index (χ3v) is 2.80. The summed E-state index contributed by atoms with van der Waals surface area (Å²) in [5, 5.41) is 0. The van der Waals surface area contributed by atoms with E-state index in [0.29, 0.717) is 28.7 Å². The van der Waals surface area contributed by atoms with E-state index in [4.69, 9.17) is 5.73 Å². The van der Waals surface area contributed by atoms with Gasteiger partial charge in [-0.15, -0.1) is 0 Å². The molecule has 0 heterocycles. The highest BCUT2D eigenvalue weighted by molar-refractivity contribution is 5.98. The van der Waals surface area contributed by atoms with Gasteiger partial charge in [0.05, 0.1) is 0 Å². The molecule has 90 valence electrons. The number of rotatable bonds is 4. The van der Waals surface area contributed by atoms with E-state index in [-0.39, 0.29) is 12.2 Å². The van der Waals surface area contributed by atoms with Gasteiger partial charge in [0.2, 0.25) is 0 Å². The smallest absolute Gasteiger partial charge is 0.167 e. The minimum Gasteiger partial charge on any atom is -0.398 e. The second kappa shape index (κ2) is 5.27. The Morgan fingerprint density at radius 3 is 2.44 bits per heavy atom. The van der Waals surface area contributed by atoms with Crippen LogP contribution < -0.4 is 5.73 Å². The van der Waals surface area contributed by atoms with Gasteiger partial charge >= 0.3 is 0 Å². The number of carbonyl (C=O) groups is 2. The lowest BCUT2D eigenvalue weighted by molar-refractivity contribution is 0.0992. The summed E-state index contributed by atoms with van der Waals surface area (Å²) < 4.78 is 0. The Kier molecular flexibility index (Phi) is 3.53. The van der Waals surface area contributed by atoms with E-state index in [0.717, 1.165) is 0 Å². The first kappa shape index (κ1) is 12.0. The molecule has 3 heteroatoms. The van der Waals surface area contributed by atoms with Crippen LogP contribution in [-0.2, 0) is 6.42 Å². The van der Waals surface area contributed by atoms with Crippen LogP contribution in [0.5, 0.6) is 0 Å². The van der Waals surface area contributed by atoms with Crippen molar-refractivity contribution >= 4 is 17.8 Å². The average molecular weight is 239 g/mol. The van der Waals surface area contributed by atoms with Gasteiger partial charge in [0.15, 0.2) is 12.1 Å². The normalized spacial score (nSPS) is 10.0. The fraction of sp³-hybridized carbons (Fsp3) is 0.0667. The summed E-state index contributed by atoms with van der Waals surface area (Å²) in [6.07, 6.45) is 0.906. The standard InChI is InChI=1S/C15H13NO2/c16-15-12(7-4-8-13(15)10-17)9-14(18)11-5-2-1-3-6-11/h1-8,10H,9,16H2. The Balaban J connectivity index is 2.25. The number of carbonyl (C=O) groups excluding carboxylic acids is 2. The topological polar surface area (TPSA) is 60.2 Å². The maximum absolute atomic E-state index is 12.0. The number of nitrogen functional groups attached to an aromatic ring is 1. The van der Waals surface area contributed by atoms with Gasteiger partial charge in [-0.05, 0) is 11.6 Å². The van der Waals surface area contributed by atoms with Crippen molar-refractivity contribution in [3.63, 3.8) is 0 Å². The number of para-hydroxylation sites is 1. The summed E-state index contributed by atoms with van der Waals surface area (Å²) in [5.41, 5.74) is 7.98. The van der Waals surface area contributed by atoms with Crippen LogP contribution in [0.2, 0.25) is 0 Å². The molecule has 0 atom stereocenters. The lowest BCUT2D eigenvalue weighted by atomic mass is 10.00. The molecule has 0 aliphatic carbocycles. The first-order valence-electron chi connectivity index (χ1n) is 5.63. The second-order valence-electron chi connectivity index (χ2n) is 4.00. The molecule has 0 unspecified atom stereocenters. The van der Waals surface area contributed by atoms with E-state index in [1.54, 1.807) is 30.3 Å².